The average Bonchev–Trinajstić information content (AvgIpc) is 2.90. The van der Waals surface area contributed by atoms with Crippen LogP contribution >= 0.6 is 0 Å². The lowest BCUT2D eigenvalue weighted by Gasteiger charge is -2.21. The lowest BCUT2D eigenvalue weighted by atomic mass is 9.92. The van der Waals surface area contributed by atoms with Gasteiger partial charge in [0.05, 0.1) is 6.54 Å². The number of aliphatic carboxylic acids is 1. The van der Waals surface area contributed by atoms with Gasteiger partial charge in [-0.2, -0.15) is 5.48 Å². The first kappa shape index (κ1) is 28.2. The Morgan fingerprint density at radius 1 is 0.895 bits per heavy atom. The van der Waals surface area contributed by atoms with E-state index in [1.807, 2.05) is 60.7 Å². The highest BCUT2D eigenvalue weighted by Crippen LogP contribution is 2.15. The Hall–Kier alpha value is -4.41. The second-order valence-electron chi connectivity index (χ2n) is 8.83. The third-order valence-corrected chi connectivity index (χ3v) is 6.09. The molecule has 0 aliphatic rings. The van der Waals surface area contributed by atoms with Gasteiger partial charge in [0.25, 0.3) is 5.56 Å². The molecule has 3 aromatic rings. The van der Waals surface area contributed by atoms with E-state index in [1.54, 1.807) is 11.5 Å². The quantitative estimate of drug-likeness (QED) is 0.198. The molecule has 1 aromatic heterocycles. The van der Waals surface area contributed by atoms with Gasteiger partial charge in [0.1, 0.15) is 23.4 Å². The first-order valence-corrected chi connectivity index (χ1v) is 12.0. The molecule has 0 fully saturated rings. The van der Waals surface area contributed by atoms with Crippen molar-refractivity contribution >= 4 is 29.1 Å². The lowest BCUT2D eigenvalue weighted by molar-refractivity contribution is -0.152. The Kier molecular flexibility index (Phi) is 9.80. The summed E-state index contributed by atoms with van der Waals surface area (Å²) in [6, 6.07) is 19.8. The van der Waals surface area contributed by atoms with Crippen molar-refractivity contribution in [1.29, 1.82) is 0 Å². The number of carbonyl (C=O) groups is 4. The molecule has 2 aromatic carbocycles. The zero-order valence-corrected chi connectivity index (χ0v) is 20.8. The van der Waals surface area contributed by atoms with Crippen LogP contribution in [0.1, 0.15) is 30.2 Å². The van der Waals surface area contributed by atoms with Crippen molar-refractivity contribution in [3.05, 3.63) is 100.0 Å². The van der Waals surface area contributed by atoms with Gasteiger partial charge in [-0.3, -0.25) is 24.0 Å². The molecule has 38 heavy (non-hydrogen) atoms. The molecule has 2 atom stereocenters. The molecule has 10 nitrogen and oxygen atoms in total. The molecular weight excluding hydrogens is 490 g/mol. The Morgan fingerprint density at radius 3 is 2.05 bits per heavy atom. The van der Waals surface area contributed by atoms with Gasteiger partial charge in [-0.15, -0.1) is 0 Å². The number of ketones is 2. The van der Waals surface area contributed by atoms with Gasteiger partial charge in [0, 0.05) is 18.5 Å². The molecule has 0 saturated heterocycles. The fourth-order valence-electron chi connectivity index (χ4n) is 4.08. The maximum absolute atomic E-state index is 13.4. The molecule has 10 heteroatoms. The van der Waals surface area contributed by atoms with E-state index < -0.39 is 47.5 Å². The first-order valence-electron chi connectivity index (χ1n) is 12.0. The number of benzene rings is 2. The first-order chi connectivity index (χ1) is 18.2. The van der Waals surface area contributed by atoms with Gasteiger partial charge in [0.2, 0.25) is 5.91 Å². The van der Waals surface area contributed by atoms with Gasteiger partial charge in [0.15, 0.2) is 5.78 Å². The molecule has 1 heterocycles. The van der Waals surface area contributed by atoms with E-state index in [0.29, 0.717) is 12.1 Å². The number of carboxylic acid groups (broad SMARTS) is 1. The largest absolute Gasteiger partial charge is 0.481 e. The van der Waals surface area contributed by atoms with E-state index in [1.165, 1.54) is 6.07 Å². The number of amides is 1. The Balaban J connectivity index is 1.91. The summed E-state index contributed by atoms with van der Waals surface area (Å²) in [5, 5.41) is 21.5. The average molecular weight is 520 g/mol. The number of nitrogens with one attached hydrogen (secondary N) is 2. The van der Waals surface area contributed by atoms with Crippen molar-refractivity contribution in [3.8, 4) is 0 Å². The minimum Gasteiger partial charge on any atom is -0.481 e. The van der Waals surface area contributed by atoms with Crippen molar-refractivity contribution in [1.82, 2.24) is 10.0 Å². The van der Waals surface area contributed by atoms with Crippen LogP contribution in [0.2, 0.25) is 0 Å². The van der Waals surface area contributed by atoms with Crippen LogP contribution < -0.4 is 16.4 Å². The van der Waals surface area contributed by atoms with Crippen molar-refractivity contribution in [2.45, 2.75) is 38.8 Å². The summed E-state index contributed by atoms with van der Waals surface area (Å²) in [6.07, 6.45) is 0.835. The predicted octanol–water partition coefficient (Wildman–Crippen LogP) is 2.22. The SMILES string of the molecule is CC(=O)[C@@H](NO)C(C(=O)O)C(=O)Cn1c(Cc2ccccc2)ccc(NC(=O)CCc2ccccc2)c1=O. The predicted molar refractivity (Wildman–Crippen MR) is 139 cm³/mol. The van der Waals surface area contributed by atoms with Crippen molar-refractivity contribution in [2.75, 3.05) is 5.32 Å². The molecule has 0 spiro atoms. The van der Waals surface area contributed by atoms with Gasteiger partial charge in [-0.1, -0.05) is 60.7 Å². The molecule has 0 saturated carbocycles. The topological polar surface area (TPSA) is 155 Å². The van der Waals surface area contributed by atoms with Crippen LogP contribution in [0.25, 0.3) is 0 Å². The number of hydroxylamine groups is 1. The number of carbonyl (C=O) groups excluding carboxylic acids is 3. The highest BCUT2D eigenvalue weighted by molar-refractivity contribution is 6.04. The second-order valence-corrected chi connectivity index (χ2v) is 8.83. The number of anilines is 1. The maximum atomic E-state index is 13.4. The number of aryl methyl sites for hydroxylation is 1. The Bertz CT molecular complexity index is 1350. The third-order valence-electron chi connectivity index (χ3n) is 6.09. The van der Waals surface area contributed by atoms with Crippen LogP contribution in [0, 0.1) is 5.92 Å². The number of nitrogens with zero attached hydrogens (tertiary/aromatic N) is 1. The van der Waals surface area contributed by atoms with E-state index in [-0.39, 0.29) is 18.5 Å². The van der Waals surface area contributed by atoms with E-state index in [2.05, 4.69) is 5.32 Å². The number of hydrogen-bond acceptors (Lipinski definition) is 7. The number of carboxylic acids is 1. The van der Waals surface area contributed by atoms with Gasteiger partial charge in [-0.25, -0.2) is 0 Å². The molecule has 0 aliphatic heterocycles. The highest BCUT2D eigenvalue weighted by Gasteiger charge is 2.37. The standard InChI is InChI=1S/C28H29N3O7/c1-18(32)26(30-38)25(28(36)37)23(33)17-31-21(16-20-10-6-3-7-11-20)13-14-22(27(31)35)29-24(34)15-12-19-8-4-2-5-9-19/h2-11,13-14,25-26,30,38H,12,15-17H2,1H3,(H,29,34)(H,36,37)/t25?,26-/m1/s1. The van der Waals surface area contributed by atoms with E-state index >= 15 is 0 Å². The summed E-state index contributed by atoms with van der Waals surface area (Å²) in [6.45, 7) is 0.354. The molecule has 0 bridgehead atoms. The number of Topliss-reactive ketones (excluding diaryl/α,β-unsaturated/α-hetero) is 2. The fraction of sp³-hybridized carbons (Fsp3) is 0.250. The van der Waals surface area contributed by atoms with Crippen LogP contribution in [-0.2, 0) is 38.6 Å². The summed E-state index contributed by atoms with van der Waals surface area (Å²) >= 11 is 0. The van der Waals surface area contributed by atoms with Crippen molar-refractivity contribution in [2.24, 2.45) is 5.92 Å². The van der Waals surface area contributed by atoms with Gasteiger partial charge >= 0.3 is 5.97 Å². The smallest absolute Gasteiger partial charge is 0.316 e. The van der Waals surface area contributed by atoms with Crippen LogP contribution in [0.5, 0.6) is 0 Å². The number of aromatic nitrogens is 1. The Labute approximate surface area is 218 Å². The lowest BCUT2D eigenvalue weighted by Crippen LogP contribution is -2.49. The van der Waals surface area contributed by atoms with Crippen molar-refractivity contribution in [3.63, 3.8) is 0 Å². The van der Waals surface area contributed by atoms with Crippen LogP contribution in [0.3, 0.4) is 0 Å². The second kappa shape index (κ2) is 13.2. The molecule has 1 unspecified atom stereocenters. The van der Waals surface area contributed by atoms with E-state index in [4.69, 9.17) is 0 Å². The molecule has 1 amide bonds. The molecular formula is C28H29N3O7. The molecule has 4 N–H and O–H groups in total. The summed E-state index contributed by atoms with van der Waals surface area (Å²) in [4.78, 5) is 62.7. The van der Waals surface area contributed by atoms with Crippen molar-refractivity contribution < 1.29 is 29.5 Å². The summed E-state index contributed by atoms with van der Waals surface area (Å²) < 4.78 is 1.09. The van der Waals surface area contributed by atoms with E-state index in [9.17, 15) is 34.3 Å². The monoisotopic (exact) mass is 519 g/mol. The highest BCUT2D eigenvalue weighted by atomic mass is 16.5. The molecule has 0 aliphatic carbocycles. The normalized spacial score (nSPS) is 12.4. The molecule has 3 rings (SSSR count). The summed E-state index contributed by atoms with van der Waals surface area (Å²) in [5.41, 5.74) is 3.02. The zero-order valence-electron chi connectivity index (χ0n) is 20.8. The number of hydrogen-bond donors (Lipinski definition) is 4. The third kappa shape index (κ3) is 7.31. The number of rotatable bonds is 13. The van der Waals surface area contributed by atoms with Crippen LogP contribution in [0.15, 0.2) is 77.6 Å². The maximum Gasteiger partial charge on any atom is 0.316 e. The van der Waals surface area contributed by atoms with Crippen LogP contribution in [0.4, 0.5) is 5.69 Å². The Morgan fingerprint density at radius 2 is 1.50 bits per heavy atom. The van der Waals surface area contributed by atoms with Gasteiger partial charge < -0.3 is 20.2 Å². The summed E-state index contributed by atoms with van der Waals surface area (Å²) in [5.74, 6) is -5.69. The van der Waals surface area contributed by atoms with Crippen LogP contribution in [-0.4, -0.2) is 44.4 Å². The van der Waals surface area contributed by atoms with Gasteiger partial charge in [-0.05, 0) is 36.6 Å². The minimum absolute atomic E-state index is 0.0667. The molecule has 198 valence electrons. The molecule has 0 radical (unpaired) electrons. The fourth-order valence-corrected chi connectivity index (χ4v) is 4.08. The minimum atomic E-state index is -1.93. The number of pyridine rings is 1. The van der Waals surface area contributed by atoms with E-state index in [0.717, 1.165) is 22.6 Å². The summed E-state index contributed by atoms with van der Waals surface area (Å²) in [7, 11) is 0. The zero-order chi connectivity index (χ0) is 27.7.